The van der Waals surface area contributed by atoms with E-state index in [-0.39, 0.29) is 9.79 Å². The molecule has 0 saturated carbocycles. The van der Waals surface area contributed by atoms with Crippen molar-refractivity contribution in [2.45, 2.75) is 75.3 Å². The molecule has 0 aliphatic carbocycles. The highest BCUT2D eigenvalue weighted by Gasteiger charge is 2.25. The van der Waals surface area contributed by atoms with Crippen LogP contribution in [0.5, 0.6) is 0 Å². The molecule has 0 atom stereocenters. The van der Waals surface area contributed by atoms with Crippen LogP contribution in [0.1, 0.15) is 56.6 Å². The van der Waals surface area contributed by atoms with Crippen LogP contribution in [0.15, 0.2) is 58.3 Å². The van der Waals surface area contributed by atoms with Gasteiger partial charge in [0.1, 0.15) is 0 Å². The van der Waals surface area contributed by atoms with E-state index in [1.54, 1.807) is 24.3 Å². The predicted octanol–water partition coefficient (Wildman–Crippen LogP) is 4.25. The Morgan fingerprint density at radius 1 is 0.667 bits per heavy atom. The first kappa shape index (κ1) is 24.5. The van der Waals surface area contributed by atoms with Crippen LogP contribution in [-0.4, -0.2) is 23.0 Å². The van der Waals surface area contributed by atoms with Crippen molar-refractivity contribution >= 4 is 20.0 Å². The van der Waals surface area contributed by atoms with E-state index in [1.807, 2.05) is 13.8 Å². The van der Waals surface area contributed by atoms with Gasteiger partial charge in [0.25, 0.3) is 0 Å². The van der Waals surface area contributed by atoms with Crippen LogP contribution in [0.2, 0.25) is 0 Å². The third-order valence-electron chi connectivity index (χ3n) is 4.85. The summed E-state index contributed by atoms with van der Waals surface area (Å²) in [5, 5.41) is 0. The van der Waals surface area contributed by atoms with E-state index < -0.39 is 26.2 Å². The summed E-state index contributed by atoms with van der Waals surface area (Å²) in [5.74, 6) is 0. The minimum atomic E-state index is -3.86. The molecule has 2 rings (SSSR count). The molecule has 166 valence electrons. The molecule has 8 heteroatoms. The molecule has 0 amide bonds. The Kier molecular flexibility index (Phi) is 9.03. The minimum Gasteiger partial charge on any atom is -0.207 e. The van der Waals surface area contributed by atoms with Crippen molar-refractivity contribution < 1.29 is 16.8 Å². The van der Waals surface area contributed by atoms with Crippen LogP contribution in [0.4, 0.5) is 0 Å². The van der Waals surface area contributed by atoms with E-state index >= 15 is 0 Å². The average Bonchev–Trinajstić information content (AvgIpc) is 2.68. The van der Waals surface area contributed by atoms with E-state index in [9.17, 15) is 16.8 Å². The number of rotatable bonds is 12. The van der Waals surface area contributed by atoms with E-state index in [0.29, 0.717) is 6.42 Å². The largest absolute Gasteiger partial charge is 0.241 e. The van der Waals surface area contributed by atoms with Crippen LogP contribution in [0, 0.1) is 13.8 Å². The lowest BCUT2D eigenvalue weighted by molar-refractivity contribution is 0.471. The van der Waals surface area contributed by atoms with Crippen molar-refractivity contribution in [2.75, 3.05) is 0 Å². The zero-order chi connectivity index (χ0) is 22.2. The van der Waals surface area contributed by atoms with Gasteiger partial charge in [-0.05, 0) is 44.5 Å². The van der Waals surface area contributed by atoms with E-state index in [2.05, 4.69) is 16.4 Å². The number of unbranched alkanes of at least 4 members (excludes halogenated alkanes) is 4. The Balaban J connectivity index is 2.18. The highest BCUT2D eigenvalue weighted by molar-refractivity contribution is 7.90. The summed E-state index contributed by atoms with van der Waals surface area (Å²) in [5.41, 5.74) is 1.89. The molecular formula is C22H32N2O4S2. The Morgan fingerprint density at radius 3 is 1.47 bits per heavy atom. The van der Waals surface area contributed by atoms with Crippen molar-refractivity contribution in [1.29, 1.82) is 0 Å². The predicted molar refractivity (Wildman–Crippen MR) is 120 cm³/mol. The topological polar surface area (TPSA) is 92.3 Å². The number of benzene rings is 2. The van der Waals surface area contributed by atoms with Gasteiger partial charge in [0, 0.05) is 0 Å². The summed E-state index contributed by atoms with van der Waals surface area (Å²) in [6.07, 6.45) is 4.33. The Morgan fingerprint density at radius 2 is 1.07 bits per heavy atom. The van der Waals surface area contributed by atoms with E-state index in [0.717, 1.165) is 43.2 Å². The van der Waals surface area contributed by atoms with Gasteiger partial charge in [-0.3, -0.25) is 0 Å². The van der Waals surface area contributed by atoms with Gasteiger partial charge in [-0.25, -0.2) is 16.8 Å². The molecule has 0 unspecified atom stereocenters. The second-order valence-electron chi connectivity index (χ2n) is 7.62. The standard InChI is InChI=1S/C22H32N2O4S2/c1-4-5-6-7-8-9-22(23-29(25,26)20-14-10-18(2)11-15-20)24-30(27,28)21-16-12-19(3)13-17-21/h10-17,22-24H,4-9H2,1-3H3. The van der Waals surface area contributed by atoms with Gasteiger partial charge in [-0.15, -0.1) is 0 Å². The number of sulfonamides is 2. The second-order valence-corrected chi connectivity index (χ2v) is 11.1. The van der Waals surface area contributed by atoms with Crippen LogP contribution in [0.25, 0.3) is 0 Å². The third-order valence-corrected chi connectivity index (χ3v) is 7.83. The van der Waals surface area contributed by atoms with E-state index in [1.165, 1.54) is 24.3 Å². The first-order valence-corrected chi connectivity index (χ1v) is 13.3. The van der Waals surface area contributed by atoms with Gasteiger partial charge < -0.3 is 0 Å². The van der Waals surface area contributed by atoms with Gasteiger partial charge in [-0.2, -0.15) is 9.44 Å². The lowest BCUT2D eigenvalue weighted by atomic mass is 10.1. The zero-order valence-electron chi connectivity index (χ0n) is 17.9. The first-order valence-electron chi connectivity index (χ1n) is 10.3. The average molecular weight is 453 g/mol. The molecule has 0 bridgehead atoms. The maximum Gasteiger partial charge on any atom is 0.241 e. The molecule has 0 radical (unpaired) electrons. The van der Waals surface area contributed by atoms with Gasteiger partial charge in [0.05, 0.1) is 16.0 Å². The molecule has 0 fully saturated rings. The van der Waals surface area contributed by atoms with Gasteiger partial charge in [0.2, 0.25) is 20.0 Å². The summed E-state index contributed by atoms with van der Waals surface area (Å²) < 4.78 is 56.3. The fourth-order valence-electron chi connectivity index (χ4n) is 3.04. The Bertz CT molecular complexity index is 923. The quantitative estimate of drug-likeness (QED) is 0.372. The van der Waals surface area contributed by atoms with Gasteiger partial charge in [-0.1, -0.05) is 74.4 Å². The molecular weight excluding hydrogens is 420 g/mol. The summed E-state index contributed by atoms with van der Waals surface area (Å²) in [7, 11) is -7.72. The monoisotopic (exact) mass is 452 g/mol. The van der Waals surface area contributed by atoms with Gasteiger partial charge in [0.15, 0.2) is 0 Å². The number of nitrogens with one attached hydrogen (secondary N) is 2. The highest BCUT2D eigenvalue weighted by Crippen LogP contribution is 2.15. The Hall–Kier alpha value is -1.74. The number of aryl methyl sites for hydroxylation is 2. The summed E-state index contributed by atoms with van der Waals surface area (Å²) in [4.78, 5) is 0.220. The summed E-state index contributed by atoms with van der Waals surface area (Å²) in [6, 6.07) is 12.9. The zero-order valence-corrected chi connectivity index (χ0v) is 19.5. The Labute approximate surface area is 181 Å². The van der Waals surface area contributed by atoms with Crippen LogP contribution in [-0.2, 0) is 20.0 Å². The molecule has 2 N–H and O–H groups in total. The fraction of sp³-hybridized carbons (Fsp3) is 0.455. The molecule has 2 aromatic rings. The maximum atomic E-state index is 12.8. The maximum absolute atomic E-state index is 12.8. The normalized spacial score (nSPS) is 12.4. The third kappa shape index (κ3) is 7.50. The number of hydrogen-bond donors (Lipinski definition) is 2. The van der Waals surface area contributed by atoms with Crippen molar-refractivity contribution in [2.24, 2.45) is 0 Å². The van der Waals surface area contributed by atoms with Crippen LogP contribution >= 0.6 is 0 Å². The van der Waals surface area contributed by atoms with Crippen molar-refractivity contribution in [3.8, 4) is 0 Å². The lowest BCUT2D eigenvalue weighted by Gasteiger charge is -2.20. The van der Waals surface area contributed by atoms with Crippen LogP contribution < -0.4 is 9.44 Å². The van der Waals surface area contributed by atoms with Crippen molar-refractivity contribution in [3.05, 3.63) is 59.7 Å². The van der Waals surface area contributed by atoms with Crippen molar-refractivity contribution in [1.82, 2.24) is 9.44 Å². The highest BCUT2D eigenvalue weighted by atomic mass is 32.2. The molecule has 6 nitrogen and oxygen atoms in total. The first-order chi connectivity index (χ1) is 14.1. The molecule has 0 spiro atoms. The number of hydrogen-bond acceptors (Lipinski definition) is 4. The summed E-state index contributed by atoms with van der Waals surface area (Å²) in [6.45, 7) is 5.87. The summed E-state index contributed by atoms with van der Waals surface area (Å²) >= 11 is 0. The molecule has 0 heterocycles. The smallest absolute Gasteiger partial charge is 0.207 e. The SMILES string of the molecule is CCCCCCCC(NS(=O)(=O)c1ccc(C)cc1)NS(=O)(=O)c1ccc(C)cc1. The fourth-order valence-corrected chi connectivity index (χ4v) is 5.48. The minimum absolute atomic E-state index is 0.110. The molecule has 30 heavy (non-hydrogen) atoms. The molecule has 0 saturated heterocycles. The van der Waals surface area contributed by atoms with Crippen LogP contribution in [0.3, 0.4) is 0 Å². The molecule has 0 aliphatic rings. The molecule has 0 aliphatic heterocycles. The second kappa shape index (κ2) is 11.0. The lowest BCUT2D eigenvalue weighted by Crippen LogP contribution is -2.47. The van der Waals surface area contributed by atoms with Gasteiger partial charge >= 0.3 is 0 Å². The van der Waals surface area contributed by atoms with Crippen molar-refractivity contribution in [3.63, 3.8) is 0 Å². The molecule has 2 aromatic carbocycles. The molecule has 0 aromatic heterocycles. The van der Waals surface area contributed by atoms with E-state index in [4.69, 9.17) is 0 Å².